The second-order valence-corrected chi connectivity index (χ2v) is 7.57. The third-order valence-electron chi connectivity index (χ3n) is 3.82. The van der Waals surface area contributed by atoms with E-state index in [4.69, 9.17) is 9.84 Å². The minimum Gasteiger partial charge on any atom is -0.480 e. The van der Waals surface area contributed by atoms with Crippen LogP contribution in [0, 0.1) is 0 Å². The number of carboxylic acids is 1. The molecule has 28 heavy (non-hydrogen) atoms. The molecular formula is C19H14Br2N2O5. The first-order valence-corrected chi connectivity index (χ1v) is 9.66. The number of rotatable bonds is 6. The quantitative estimate of drug-likeness (QED) is 0.456. The molecule has 0 aromatic heterocycles. The Bertz CT molecular complexity index is 953. The van der Waals surface area contributed by atoms with Crippen LogP contribution in [0.5, 0.6) is 5.75 Å². The zero-order chi connectivity index (χ0) is 20.3. The number of nitrogens with zero attached hydrogens (tertiary/aromatic N) is 1. The highest BCUT2D eigenvalue weighted by molar-refractivity contribution is 9.11. The molecule has 2 N–H and O–H groups in total. The van der Waals surface area contributed by atoms with E-state index in [1.165, 1.54) is 0 Å². The lowest BCUT2D eigenvalue weighted by atomic mass is 10.1. The number of carboxylic acid groups (broad SMARTS) is 1. The van der Waals surface area contributed by atoms with Gasteiger partial charge in [0.05, 0.1) is 15.5 Å². The van der Waals surface area contributed by atoms with Gasteiger partial charge in [0, 0.05) is 0 Å². The minimum atomic E-state index is -1.09. The Morgan fingerprint density at radius 3 is 2.39 bits per heavy atom. The van der Waals surface area contributed by atoms with Crippen LogP contribution in [0.25, 0.3) is 6.08 Å². The van der Waals surface area contributed by atoms with Crippen LogP contribution in [0.2, 0.25) is 0 Å². The predicted molar refractivity (Wildman–Crippen MR) is 108 cm³/mol. The third kappa shape index (κ3) is 4.60. The van der Waals surface area contributed by atoms with Crippen molar-refractivity contribution in [3.8, 4) is 5.75 Å². The molecule has 1 saturated heterocycles. The Morgan fingerprint density at radius 1 is 1.14 bits per heavy atom. The van der Waals surface area contributed by atoms with Crippen molar-refractivity contribution in [2.75, 3.05) is 6.61 Å². The molecule has 0 bridgehead atoms. The van der Waals surface area contributed by atoms with Gasteiger partial charge >= 0.3 is 12.0 Å². The molecule has 3 rings (SSSR count). The molecular weight excluding hydrogens is 496 g/mol. The highest BCUT2D eigenvalue weighted by Gasteiger charge is 2.33. The Kier molecular flexibility index (Phi) is 6.15. The van der Waals surface area contributed by atoms with Crippen LogP contribution < -0.4 is 10.1 Å². The third-order valence-corrected chi connectivity index (χ3v) is 5.00. The average Bonchev–Trinajstić information content (AvgIpc) is 2.89. The molecule has 1 heterocycles. The van der Waals surface area contributed by atoms with Crippen LogP contribution in [-0.4, -0.2) is 34.5 Å². The van der Waals surface area contributed by atoms with E-state index in [1.54, 1.807) is 18.2 Å². The summed E-state index contributed by atoms with van der Waals surface area (Å²) in [6.07, 6.45) is 1.54. The molecule has 0 saturated carbocycles. The second-order valence-electron chi connectivity index (χ2n) is 5.86. The summed E-state index contributed by atoms with van der Waals surface area (Å²) in [7, 11) is 0. The van der Waals surface area contributed by atoms with E-state index in [9.17, 15) is 14.4 Å². The zero-order valence-electron chi connectivity index (χ0n) is 14.3. The van der Waals surface area contributed by atoms with Crippen molar-refractivity contribution in [3.63, 3.8) is 0 Å². The number of amides is 3. The molecule has 7 nitrogen and oxygen atoms in total. The summed E-state index contributed by atoms with van der Waals surface area (Å²) in [6.45, 7) is -0.307. The van der Waals surface area contributed by atoms with E-state index >= 15 is 0 Å². The highest BCUT2D eigenvalue weighted by Crippen LogP contribution is 2.35. The summed E-state index contributed by atoms with van der Waals surface area (Å²) in [4.78, 5) is 36.6. The molecule has 144 valence electrons. The van der Waals surface area contributed by atoms with Gasteiger partial charge in [0.15, 0.2) is 6.61 Å². The fourth-order valence-electron chi connectivity index (χ4n) is 2.58. The number of aliphatic carboxylic acids is 1. The van der Waals surface area contributed by atoms with E-state index in [-0.39, 0.29) is 12.2 Å². The van der Waals surface area contributed by atoms with Crippen molar-refractivity contribution in [3.05, 3.63) is 68.2 Å². The molecule has 0 aliphatic carbocycles. The van der Waals surface area contributed by atoms with Gasteiger partial charge in [-0.3, -0.25) is 9.69 Å². The van der Waals surface area contributed by atoms with E-state index in [2.05, 4.69) is 37.2 Å². The van der Waals surface area contributed by atoms with Gasteiger partial charge in [-0.25, -0.2) is 9.59 Å². The Balaban J connectivity index is 1.81. The van der Waals surface area contributed by atoms with Gasteiger partial charge in [-0.15, -0.1) is 0 Å². The lowest BCUT2D eigenvalue weighted by Crippen LogP contribution is -2.30. The van der Waals surface area contributed by atoms with Crippen LogP contribution in [0.1, 0.15) is 11.1 Å². The SMILES string of the molecule is O=C(O)COc1c(Br)cc(C=C2NC(=O)N(Cc3ccccc3)C2=O)cc1Br. The number of ether oxygens (including phenoxy) is 1. The summed E-state index contributed by atoms with van der Waals surface area (Å²) >= 11 is 6.64. The number of benzene rings is 2. The number of hydrogen-bond donors (Lipinski definition) is 2. The van der Waals surface area contributed by atoms with E-state index in [0.717, 1.165) is 10.5 Å². The minimum absolute atomic E-state index is 0.152. The first-order valence-electron chi connectivity index (χ1n) is 8.07. The monoisotopic (exact) mass is 508 g/mol. The fraction of sp³-hybridized carbons (Fsp3) is 0.105. The number of urea groups is 1. The molecule has 0 spiro atoms. The molecule has 2 aromatic rings. The Hall–Kier alpha value is -2.65. The average molecular weight is 510 g/mol. The van der Waals surface area contributed by atoms with Crippen LogP contribution in [0.15, 0.2) is 57.1 Å². The first kappa shape index (κ1) is 20.1. The lowest BCUT2D eigenvalue weighted by molar-refractivity contribution is -0.139. The number of carbonyl (C=O) groups is 3. The smallest absolute Gasteiger partial charge is 0.341 e. The van der Waals surface area contributed by atoms with E-state index < -0.39 is 24.5 Å². The maximum Gasteiger partial charge on any atom is 0.341 e. The van der Waals surface area contributed by atoms with Gasteiger partial charge in [-0.05, 0) is 61.2 Å². The maximum absolute atomic E-state index is 12.6. The Labute approximate surface area is 177 Å². The van der Waals surface area contributed by atoms with Gasteiger partial charge in [-0.1, -0.05) is 30.3 Å². The fourth-order valence-corrected chi connectivity index (χ4v) is 4.03. The second kappa shape index (κ2) is 8.57. The molecule has 9 heteroatoms. The van der Waals surface area contributed by atoms with Gasteiger partial charge in [0.25, 0.3) is 5.91 Å². The lowest BCUT2D eigenvalue weighted by Gasteiger charge is -2.11. The summed E-state index contributed by atoms with van der Waals surface area (Å²) in [5.41, 5.74) is 1.61. The van der Waals surface area contributed by atoms with Crippen LogP contribution in [0.4, 0.5) is 4.79 Å². The van der Waals surface area contributed by atoms with Crippen molar-refractivity contribution >= 4 is 55.8 Å². The zero-order valence-corrected chi connectivity index (χ0v) is 17.5. The first-order chi connectivity index (χ1) is 13.3. The maximum atomic E-state index is 12.6. The number of imide groups is 1. The summed E-state index contributed by atoms with van der Waals surface area (Å²) in [6, 6.07) is 12.1. The van der Waals surface area contributed by atoms with Gasteiger partial charge < -0.3 is 15.2 Å². The van der Waals surface area contributed by atoms with Gasteiger partial charge in [0.2, 0.25) is 0 Å². The standard InChI is InChI=1S/C19H14Br2N2O5/c20-13-6-12(7-14(21)17(13)28-10-16(24)25)8-15-18(26)23(19(27)22-15)9-11-4-2-1-3-5-11/h1-8H,9-10H2,(H,22,27)(H,24,25). The summed E-state index contributed by atoms with van der Waals surface area (Å²) < 4.78 is 6.23. The molecule has 2 aromatic carbocycles. The molecule has 0 atom stereocenters. The van der Waals surface area contributed by atoms with Crippen molar-refractivity contribution in [1.82, 2.24) is 10.2 Å². The highest BCUT2D eigenvalue weighted by atomic mass is 79.9. The molecule has 0 radical (unpaired) electrons. The van der Waals surface area contributed by atoms with Crippen LogP contribution in [-0.2, 0) is 16.1 Å². The number of carbonyl (C=O) groups excluding carboxylic acids is 2. The van der Waals surface area contributed by atoms with Crippen molar-refractivity contribution in [2.45, 2.75) is 6.54 Å². The number of hydrogen-bond acceptors (Lipinski definition) is 4. The predicted octanol–water partition coefficient (Wildman–Crippen LogP) is 3.77. The van der Waals surface area contributed by atoms with E-state index in [0.29, 0.717) is 20.3 Å². The number of halogens is 2. The summed E-state index contributed by atoms with van der Waals surface area (Å²) in [5, 5.41) is 11.3. The molecule has 0 unspecified atom stereocenters. The summed E-state index contributed by atoms with van der Waals surface area (Å²) in [5.74, 6) is -1.19. The topological polar surface area (TPSA) is 95.9 Å². The van der Waals surface area contributed by atoms with Crippen LogP contribution >= 0.6 is 31.9 Å². The van der Waals surface area contributed by atoms with Gasteiger partial charge in [-0.2, -0.15) is 0 Å². The van der Waals surface area contributed by atoms with E-state index in [1.807, 2.05) is 30.3 Å². The normalized spacial score (nSPS) is 15.1. The molecule has 1 fully saturated rings. The van der Waals surface area contributed by atoms with Crippen molar-refractivity contribution < 1.29 is 24.2 Å². The Morgan fingerprint density at radius 2 is 1.79 bits per heavy atom. The molecule has 1 aliphatic rings. The van der Waals surface area contributed by atoms with Crippen molar-refractivity contribution in [1.29, 1.82) is 0 Å². The van der Waals surface area contributed by atoms with Crippen LogP contribution in [0.3, 0.4) is 0 Å². The number of nitrogens with one attached hydrogen (secondary N) is 1. The van der Waals surface area contributed by atoms with Crippen molar-refractivity contribution in [2.24, 2.45) is 0 Å². The molecule has 3 amide bonds. The van der Waals surface area contributed by atoms with Gasteiger partial charge in [0.1, 0.15) is 11.4 Å². The largest absolute Gasteiger partial charge is 0.480 e. The molecule has 1 aliphatic heterocycles.